The zero-order chi connectivity index (χ0) is 22.8. The number of fused-ring (bicyclic) bond motifs is 1. The zero-order valence-corrected chi connectivity index (χ0v) is 18.4. The molecule has 0 saturated heterocycles. The highest BCUT2D eigenvalue weighted by atomic mass is 19.4. The first-order valence-electron chi connectivity index (χ1n) is 11.8. The van der Waals surface area contributed by atoms with E-state index in [0.29, 0.717) is 11.2 Å². The van der Waals surface area contributed by atoms with Gasteiger partial charge in [-0.1, -0.05) is 12.1 Å². The summed E-state index contributed by atoms with van der Waals surface area (Å²) in [4.78, 5) is 14.1. The number of carbonyl (C=O) groups is 1. The fourth-order valence-electron chi connectivity index (χ4n) is 7.19. The van der Waals surface area contributed by atoms with Crippen LogP contribution >= 0.6 is 0 Å². The van der Waals surface area contributed by atoms with Crippen LogP contribution in [-0.4, -0.2) is 38.7 Å². The Kier molecular flexibility index (Phi) is 4.75. The molecule has 2 heterocycles. The highest BCUT2D eigenvalue weighted by Crippen LogP contribution is 2.60. The SMILES string of the molecule is O=C(COc1ccc(C23CC4CC(CC(C4)C2)C3)cc1)N1CCn2c(nnc2C(F)(F)F)C1. The molecule has 176 valence electrons. The minimum Gasteiger partial charge on any atom is -0.484 e. The van der Waals surface area contributed by atoms with E-state index < -0.39 is 12.0 Å². The average molecular weight is 461 g/mol. The van der Waals surface area contributed by atoms with Gasteiger partial charge in [-0.3, -0.25) is 4.79 Å². The highest BCUT2D eigenvalue weighted by Gasteiger charge is 2.51. The van der Waals surface area contributed by atoms with E-state index in [2.05, 4.69) is 22.3 Å². The van der Waals surface area contributed by atoms with Gasteiger partial charge in [0.1, 0.15) is 5.75 Å². The molecule has 0 radical (unpaired) electrons. The number of ether oxygens (including phenoxy) is 1. The van der Waals surface area contributed by atoms with Gasteiger partial charge in [0.15, 0.2) is 12.4 Å². The van der Waals surface area contributed by atoms with Gasteiger partial charge >= 0.3 is 6.18 Å². The summed E-state index contributed by atoms with van der Waals surface area (Å²) >= 11 is 0. The third kappa shape index (κ3) is 3.69. The van der Waals surface area contributed by atoms with Crippen molar-refractivity contribution < 1.29 is 22.7 Å². The number of hydrogen-bond donors (Lipinski definition) is 0. The van der Waals surface area contributed by atoms with E-state index in [9.17, 15) is 18.0 Å². The summed E-state index contributed by atoms with van der Waals surface area (Å²) in [7, 11) is 0. The van der Waals surface area contributed by atoms with E-state index >= 15 is 0 Å². The van der Waals surface area contributed by atoms with Crippen molar-refractivity contribution in [3.05, 3.63) is 41.5 Å². The van der Waals surface area contributed by atoms with Crippen LogP contribution in [0.15, 0.2) is 24.3 Å². The second-order valence-corrected chi connectivity index (χ2v) is 10.4. The number of alkyl halides is 3. The standard InChI is InChI=1S/C24H27F3N4O2/c25-24(26,27)22-29-28-20-13-30(5-6-31(20)22)21(32)14-33-19-3-1-18(2-4-19)23-10-15-7-16(11-23)9-17(8-15)12-23/h1-4,15-17H,5-14H2. The molecule has 4 fully saturated rings. The van der Waals surface area contributed by atoms with Gasteiger partial charge in [-0.15, -0.1) is 10.2 Å². The third-order valence-electron chi connectivity index (χ3n) is 8.23. The van der Waals surface area contributed by atoms with Crippen molar-refractivity contribution in [1.29, 1.82) is 0 Å². The summed E-state index contributed by atoms with van der Waals surface area (Å²) in [6.07, 6.45) is 3.57. The second-order valence-electron chi connectivity index (χ2n) is 10.4. The summed E-state index contributed by atoms with van der Waals surface area (Å²) in [5.74, 6) is 2.13. The smallest absolute Gasteiger partial charge is 0.451 e. The molecule has 1 aliphatic heterocycles. The minimum atomic E-state index is -4.55. The van der Waals surface area contributed by atoms with Crippen LogP contribution in [0.25, 0.3) is 0 Å². The molecule has 1 amide bonds. The maximum absolute atomic E-state index is 13.0. The predicted octanol–water partition coefficient (Wildman–Crippen LogP) is 4.19. The Hall–Kier alpha value is -2.58. The van der Waals surface area contributed by atoms with Crippen LogP contribution in [0, 0.1) is 17.8 Å². The molecular formula is C24H27F3N4O2. The molecule has 0 spiro atoms. The maximum Gasteiger partial charge on any atom is 0.451 e. The lowest BCUT2D eigenvalue weighted by molar-refractivity contribution is -0.148. The first kappa shape index (κ1) is 21.0. The number of amides is 1. The monoisotopic (exact) mass is 460 g/mol. The van der Waals surface area contributed by atoms with Crippen LogP contribution in [0.5, 0.6) is 5.75 Å². The zero-order valence-electron chi connectivity index (χ0n) is 18.4. The van der Waals surface area contributed by atoms with E-state index in [1.165, 1.54) is 49.0 Å². The molecule has 1 aromatic carbocycles. The Morgan fingerprint density at radius 1 is 1.00 bits per heavy atom. The first-order valence-corrected chi connectivity index (χ1v) is 11.8. The third-order valence-corrected chi connectivity index (χ3v) is 8.23. The summed E-state index contributed by atoms with van der Waals surface area (Å²) in [6, 6.07) is 8.22. The molecule has 4 aliphatic carbocycles. The Morgan fingerprint density at radius 2 is 1.64 bits per heavy atom. The number of aromatic nitrogens is 3. The topological polar surface area (TPSA) is 60.2 Å². The van der Waals surface area contributed by atoms with Gasteiger partial charge < -0.3 is 14.2 Å². The van der Waals surface area contributed by atoms with Crippen LogP contribution in [0.4, 0.5) is 13.2 Å². The summed E-state index contributed by atoms with van der Waals surface area (Å²) in [6.45, 7) is 0.0250. The second kappa shape index (κ2) is 7.46. The maximum atomic E-state index is 13.0. The van der Waals surface area contributed by atoms with E-state index in [0.717, 1.165) is 22.3 Å². The molecule has 4 bridgehead atoms. The normalized spacial score (nSPS) is 30.4. The van der Waals surface area contributed by atoms with E-state index in [-0.39, 0.29) is 38.0 Å². The van der Waals surface area contributed by atoms with Crippen LogP contribution in [-0.2, 0) is 29.5 Å². The number of nitrogens with zero attached hydrogens (tertiary/aromatic N) is 4. The molecular weight excluding hydrogens is 433 g/mol. The van der Waals surface area contributed by atoms with E-state index in [1.807, 2.05) is 12.1 Å². The van der Waals surface area contributed by atoms with Gasteiger partial charge in [-0.2, -0.15) is 13.2 Å². The lowest BCUT2D eigenvalue weighted by atomic mass is 9.48. The van der Waals surface area contributed by atoms with Crippen molar-refractivity contribution in [2.24, 2.45) is 17.8 Å². The molecule has 0 atom stereocenters. The summed E-state index contributed by atoms with van der Waals surface area (Å²) in [5, 5.41) is 6.87. The van der Waals surface area contributed by atoms with Crippen molar-refractivity contribution in [2.75, 3.05) is 13.2 Å². The molecule has 1 aromatic heterocycles. The molecule has 6 nitrogen and oxygen atoms in total. The number of halogens is 3. The van der Waals surface area contributed by atoms with Crippen molar-refractivity contribution in [3.8, 4) is 5.75 Å². The lowest BCUT2D eigenvalue weighted by Crippen LogP contribution is -2.48. The quantitative estimate of drug-likeness (QED) is 0.687. The molecule has 33 heavy (non-hydrogen) atoms. The van der Waals surface area contributed by atoms with Crippen molar-refractivity contribution in [1.82, 2.24) is 19.7 Å². The van der Waals surface area contributed by atoms with Gasteiger partial charge in [0.25, 0.3) is 5.91 Å². The number of benzene rings is 1. The van der Waals surface area contributed by atoms with Gasteiger partial charge in [-0.25, -0.2) is 0 Å². The van der Waals surface area contributed by atoms with Gasteiger partial charge in [-0.05, 0) is 79.4 Å². The Bertz CT molecular complexity index is 1030. The van der Waals surface area contributed by atoms with Crippen molar-refractivity contribution >= 4 is 5.91 Å². The van der Waals surface area contributed by atoms with Gasteiger partial charge in [0.2, 0.25) is 5.82 Å². The highest BCUT2D eigenvalue weighted by molar-refractivity contribution is 5.77. The number of rotatable bonds is 4. The summed E-state index contributed by atoms with van der Waals surface area (Å²) in [5.41, 5.74) is 1.72. The van der Waals surface area contributed by atoms with Crippen LogP contribution in [0.3, 0.4) is 0 Å². The van der Waals surface area contributed by atoms with Crippen LogP contribution in [0.1, 0.15) is 55.7 Å². The average Bonchev–Trinajstić information content (AvgIpc) is 3.21. The van der Waals surface area contributed by atoms with Crippen molar-refractivity contribution in [3.63, 3.8) is 0 Å². The fraction of sp³-hybridized carbons (Fsp3) is 0.625. The Morgan fingerprint density at radius 3 is 2.24 bits per heavy atom. The van der Waals surface area contributed by atoms with Crippen LogP contribution in [0.2, 0.25) is 0 Å². The molecule has 4 saturated carbocycles. The predicted molar refractivity (Wildman–Crippen MR) is 112 cm³/mol. The molecule has 7 rings (SSSR count). The molecule has 5 aliphatic rings. The van der Waals surface area contributed by atoms with Crippen LogP contribution < -0.4 is 4.74 Å². The first-order chi connectivity index (χ1) is 15.8. The fourth-order valence-corrected chi connectivity index (χ4v) is 7.19. The Balaban J connectivity index is 1.07. The molecule has 2 aromatic rings. The minimum absolute atomic E-state index is 0.00374. The van der Waals surface area contributed by atoms with Crippen molar-refractivity contribution in [2.45, 2.75) is 63.2 Å². The number of hydrogen-bond acceptors (Lipinski definition) is 4. The van der Waals surface area contributed by atoms with Gasteiger partial charge in [0.05, 0.1) is 6.54 Å². The van der Waals surface area contributed by atoms with E-state index in [1.54, 1.807) is 0 Å². The largest absolute Gasteiger partial charge is 0.484 e. The number of carbonyl (C=O) groups excluding carboxylic acids is 1. The Labute approximate surface area is 190 Å². The summed E-state index contributed by atoms with van der Waals surface area (Å²) < 4.78 is 45.7. The lowest BCUT2D eigenvalue weighted by Gasteiger charge is -2.57. The molecule has 0 N–H and O–H groups in total. The molecule has 0 unspecified atom stereocenters. The van der Waals surface area contributed by atoms with Gasteiger partial charge in [0, 0.05) is 13.1 Å². The molecule has 9 heteroatoms. The van der Waals surface area contributed by atoms with E-state index in [4.69, 9.17) is 4.74 Å².